The molecule has 3 rings (SSSR count). The van der Waals surface area contributed by atoms with Crippen LogP contribution in [0.5, 0.6) is 0 Å². The summed E-state index contributed by atoms with van der Waals surface area (Å²) in [4.78, 5) is 3.84. The van der Waals surface area contributed by atoms with E-state index in [1.165, 1.54) is 17.0 Å². The number of sulfonamides is 1. The van der Waals surface area contributed by atoms with Gasteiger partial charge in [0.25, 0.3) is 0 Å². The molecule has 1 aliphatic heterocycles. The van der Waals surface area contributed by atoms with Crippen LogP contribution in [-0.2, 0) is 10.0 Å². The van der Waals surface area contributed by atoms with Gasteiger partial charge in [0.2, 0.25) is 10.0 Å². The first-order valence-electron chi connectivity index (χ1n) is 8.58. The Hall–Kier alpha value is -0.630. The van der Waals surface area contributed by atoms with Crippen molar-refractivity contribution in [2.24, 2.45) is 0 Å². The van der Waals surface area contributed by atoms with Gasteiger partial charge >= 0.3 is 0 Å². The number of likely N-dealkylation sites (tertiary alicyclic amines) is 1. The van der Waals surface area contributed by atoms with Crippen LogP contribution in [0.1, 0.15) is 29.2 Å². The summed E-state index contributed by atoms with van der Waals surface area (Å²) in [5.74, 6) is 0.638. The molecule has 0 bridgehead atoms. The molecule has 8 heteroatoms. The molecular formula is C18H22Cl2N2O2S2. The number of thiophene rings is 1. The molecule has 4 nitrogen and oxygen atoms in total. The third-order valence-electron chi connectivity index (χ3n) is 4.76. The molecule has 142 valence electrons. The molecule has 1 aliphatic rings. The van der Waals surface area contributed by atoms with Crippen LogP contribution in [0.15, 0.2) is 34.5 Å². The van der Waals surface area contributed by atoms with Crippen LogP contribution in [0.4, 0.5) is 0 Å². The summed E-state index contributed by atoms with van der Waals surface area (Å²) in [6.45, 7) is 4.80. The molecule has 0 spiro atoms. The van der Waals surface area contributed by atoms with E-state index in [0.29, 0.717) is 29.6 Å². The van der Waals surface area contributed by atoms with E-state index >= 15 is 0 Å². The molecule has 0 radical (unpaired) electrons. The number of aryl methyl sites for hydroxylation is 1. The molecule has 0 atom stereocenters. The first kappa shape index (κ1) is 20.1. The van der Waals surface area contributed by atoms with Crippen molar-refractivity contribution in [3.8, 4) is 0 Å². The second-order valence-corrected chi connectivity index (χ2v) is 10.1. The van der Waals surface area contributed by atoms with Crippen LogP contribution >= 0.6 is 34.5 Å². The van der Waals surface area contributed by atoms with Crippen molar-refractivity contribution in [3.63, 3.8) is 0 Å². The van der Waals surface area contributed by atoms with Crippen LogP contribution in [0.25, 0.3) is 0 Å². The molecule has 1 fully saturated rings. The summed E-state index contributed by atoms with van der Waals surface area (Å²) >= 11 is 13.9. The molecular weight excluding hydrogens is 411 g/mol. The Balaban J connectivity index is 1.51. The normalized spacial score (nSPS) is 16.9. The summed E-state index contributed by atoms with van der Waals surface area (Å²) in [6.07, 6.45) is 2.24. The molecule has 0 aliphatic carbocycles. The molecule has 0 amide bonds. The topological polar surface area (TPSA) is 49.4 Å². The van der Waals surface area contributed by atoms with E-state index in [-0.39, 0.29) is 9.92 Å². The number of nitrogens with one attached hydrogen (secondary N) is 1. The fourth-order valence-electron chi connectivity index (χ4n) is 3.22. The minimum absolute atomic E-state index is 0.0810. The van der Waals surface area contributed by atoms with E-state index in [4.69, 9.17) is 23.2 Å². The second-order valence-electron chi connectivity index (χ2n) is 6.56. The monoisotopic (exact) mass is 432 g/mol. The van der Waals surface area contributed by atoms with Gasteiger partial charge in [-0.15, -0.1) is 11.3 Å². The Morgan fingerprint density at radius 3 is 2.62 bits per heavy atom. The Labute approximate surface area is 169 Å². The lowest BCUT2D eigenvalue weighted by molar-refractivity contribution is 0.217. The molecule has 2 heterocycles. The van der Waals surface area contributed by atoms with Gasteiger partial charge in [0.05, 0.1) is 5.02 Å². The van der Waals surface area contributed by atoms with Gasteiger partial charge in [0, 0.05) is 23.0 Å². The highest BCUT2D eigenvalue weighted by Crippen LogP contribution is 2.31. The zero-order valence-electron chi connectivity index (χ0n) is 14.5. The lowest BCUT2D eigenvalue weighted by Gasteiger charge is -2.31. The molecule has 0 unspecified atom stereocenters. The van der Waals surface area contributed by atoms with Gasteiger partial charge in [0.15, 0.2) is 0 Å². The quantitative estimate of drug-likeness (QED) is 0.729. The van der Waals surface area contributed by atoms with E-state index in [9.17, 15) is 8.42 Å². The molecule has 1 N–H and O–H groups in total. The summed E-state index contributed by atoms with van der Waals surface area (Å²) in [5, 5.41) is 2.73. The highest BCUT2D eigenvalue weighted by molar-refractivity contribution is 7.89. The Morgan fingerprint density at radius 2 is 1.96 bits per heavy atom. The van der Waals surface area contributed by atoms with Gasteiger partial charge in [-0.25, -0.2) is 13.1 Å². The minimum atomic E-state index is -3.64. The second kappa shape index (κ2) is 8.59. The summed E-state index contributed by atoms with van der Waals surface area (Å²) in [6, 6.07) is 7.30. The lowest BCUT2D eigenvalue weighted by atomic mass is 9.95. The average molecular weight is 433 g/mol. The van der Waals surface area contributed by atoms with Gasteiger partial charge in [-0.2, -0.15) is 0 Å². The summed E-state index contributed by atoms with van der Waals surface area (Å²) < 4.78 is 27.7. The fourth-order valence-corrected chi connectivity index (χ4v) is 5.97. The van der Waals surface area contributed by atoms with Crippen molar-refractivity contribution >= 4 is 44.6 Å². The van der Waals surface area contributed by atoms with Gasteiger partial charge < -0.3 is 4.90 Å². The zero-order valence-corrected chi connectivity index (χ0v) is 17.7. The third-order valence-corrected chi connectivity index (χ3v) is 8.12. The fraction of sp³-hybridized carbons (Fsp3) is 0.444. The smallest absolute Gasteiger partial charge is 0.242 e. The largest absolute Gasteiger partial charge is 0.302 e. The maximum absolute atomic E-state index is 12.5. The number of nitrogens with zero attached hydrogens (tertiary/aromatic N) is 1. The van der Waals surface area contributed by atoms with E-state index in [1.54, 1.807) is 6.92 Å². The minimum Gasteiger partial charge on any atom is -0.302 e. The number of benzene rings is 1. The molecule has 1 saturated heterocycles. The lowest BCUT2D eigenvalue weighted by Crippen LogP contribution is -2.39. The van der Waals surface area contributed by atoms with Crippen LogP contribution in [0, 0.1) is 6.92 Å². The number of piperidine rings is 1. The van der Waals surface area contributed by atoms with Crippen molar-refractivity contribution in [1.29, 1.82) is 0 Å². The van der Waals surface area contributed by atoms with Gasteiger partial charge in [-0.1, -0.05) is 29.3 Å². The van der Waals surface area contributed by atoms with Gasteiger partial charge in [-0.05, 0) is 67.9 Å². The number of hydrogen-bond acceptors (Lipinski definition) is 4. The van der Waals surface area contributed by atoms with Crippen LogP contribution in [-0.4, -0.2) is 39.5 Å². The first-order valence-corrected chi connectivity index (χ1v) is 11.7. The third kappa shape index (κ3) is 4.80. The first-order chi connectivity index (χ1) is 12.4. The zero-order chi connectivity index (χ0) is 18.7. The highest BCUT2D eigenvalue weighted by atomic mass is 35.5. The molecule has 1 aromatic heterocycles. The predicted octanol–water partition coefficient (Wildman–Crippen LogP) is 4.52. The van der Waals surface area contributed by atoms with E-state index in [2.05, 4.69) is 27.1 Å². The molecule has 1 aromatic carbocycles. The van der Waals surface area contributed by atoms with Crippen LogP contribution in [0.2, 0.25) is 10.0 Å². The number of halogens is 2. The molecule has 26 heavy (non-hydrogen) atoms. The van der Waals surface area contributed by atoms with E-state index in [0.717, 1.165) is 25.9 Å². The van der Waals surface area contributed by atoms with Gasteiger partial charge in [-0.3, -0.25) is 0 Å². The van der Waals surface area contributed by atoms with Crippen molar-refractivity contribution in [2.45, 2.75) is 30.6 Å². The van der Waals surface area contributed by atoms with Crippen molar-refractivity contribution < 1.29 is 8.42 Å². The Kier molecular flexibility index (Phi) is 6.64. The maximum Gasteiger partial charge on any atom is 0.242 e. The summed E-state index contributed by atoms with van der Waals surface area (Å²) in [5.41, 5.74) is 0.687. The molecule has 2 aromatic rings. The Morgan fingerprint density at radius 1 is 1.23 bits per heavy atom. The Bertz CT molecular complexity index is 846. The van der Waals surface area contributed by atoms with Crippen LogP contribution < -0.4 is 4.72 Å². The van der Waals surface area contributed by atoms with E-state index < -0.39 is 10.0 Å². The van der Waals surface area contributed by atoms with Gasteiger partial charge in [0.1, 0.15) is 4.90 Å². The predicted molar refractivity (Wildman–Crippen MR) is 109 cm³/mol. The summed E-state index contributed by atoms with van der Waals surface area (Å²) in [7, 11) is -3.64. The van der Waals surface area contributed by atoms with E-state index in [1.807, 2.05) is 11.3 Å². The SMILES string of the molecule is Cc1cc(S(=O)(=O)NCCN2CCC(c3cccs3)CC2)c(Cl)cc1Cl. The van der Waals surface area contributed by atoms with Crippen molar-refractivity contribution in [2.75, 3.05) is 26.2 Å². The highest BCUT2D eigenvalue weighted by Gasteiger charge is 2.22. The molecule has 0 saturated carbocycles. The van der Waals surface area contributed by atoms with Crippen LogP contribution in [0.3, 0.4) is 0 Å². The van der Waals surface area contributed by atoms with Crippen molar-refractivity contribution in [3.05, 3.63) is 50.1 Å². The standard InChI is InChI=1S/C18H22Cl2N2O2S2/c1-13-11-18(16(20)12-15(13)19)26(23,24)21-6-9-22-7-4-14(5-8-22)17-3-2-10-25-17/h2-3,10-12,14,21H,4-9H2,1H3. The number of hydrogen-bond donors (Lipinski definition) is 1. The van der Waals surface area contributed by atoms with Crippen molar-refractivity contribution in [1.82, 2.24) is 9.62 Å². The maximum atomic E-state index is 12.5. The number of rotatable bonds is 6. The average Bonchev–Trinajstić information content (AvgIpc) is 3.13.